The molecule has 0 bridgehead atoms. The molecule has 10 nitrogen and oxygen atoms in total. The Labute approximate surface area is 156 Å². The molecule has 0 fully saturated rings. The lowest BCUT2D eigenvalue weighted by atomic mass is 10.2. The van der Waals surface area contributed by atoms with E-state index in [2.05, 4.69) is 20.5 Å². The fraction of sp³-hybridized carbons (Fsp3) is 0.200. The van der Waals surface area contributed by atoms with E-state index in [1.54, 1.807) is 6.92 Å². The zero-order valence-electron chi connectivity index (χ0n) is 14.0. The second-order valence-electron chi connectivity index (χ2n) is 5.41. The van der Waals surface area contributed by atoms with Crippen molar-refractivity contribution in [1.29, 1.82) is 0 Å². The third-order valence-electron chi connectivity index (χ3n) is 3.64. The number of amides is 1. The number of hydrogen-bond donors (Lipinski definition) is 1. The van der Waals surface area contributed by atoms with Crippen LogP contribution < -0.4 is 5.32 Å². The molecule has 0 saturated carbocycles. The Morgan fingerprint density at radius 2 is 2.22 bits per heavy atom. The number of aryl methyl sites for hydroxylation is 1. The van der Waals surface area contributed by atoms with Gasteiger partial charge in [-0.3, -0.25) is 24.9 Å². The number of anilines is 1. The molecule has 0 aliphatic heterocycles. The quantitative estimate of drug-likeness (QED) is 0.507. The number of hydrogen-bond acceptors (Lipinski definition) is 6. The summed E-state index contributed by atoms with van der Waals surface area (Å²) in [4.78, 5) is 26.7. The molecule has 12 heteroatoms. The number of rotatable bonds is 6. The summed E-state index contributed by atoms with van der Waals surface area (Å²) < 4.78 is 15.7. The van der Waals surface area contributed by atoms with Gasteiger partial charge in [0.15, 0.2) is 0 Å². The van der Waals surface area contributed by atoms with Crippen molar-refractivity contribution in [2.75, 3.05) is 5.32 Å². The minimum atomic E-state index is -0.751. The molecule has 27 heavy (non-hydrogen) atoms. The maximum Gasteiger partial charge on any atom is 0.320 e. The third kappa shape index (κ3) is 3.92. The molecule has 1 amide bonds. The van der Waals surface area contributed by atoms with Crippen LogP contribution in [0.2, 0.25) is 5.02 Å². The first kappa shape index (κ1) is 18.5. The van der Waals surface area contributed by atoms with Crippen molar-refractivity contribution in [3.05, 3.63) is 62.9 Å². The summed E-state index contributed by atoms with van der Waals surface area (Å²) in [7, 11) is 0. The standard InChI is InChI=1S/C15H13ClFN7O3/c1-2-23-13(12(6-19-23)24(26)27)14(25)20-15-18-8-22(21-15)7-9-3-4-10(17)5-11(9)16/h3-6,8H,2,7H2,1H3,(H,20,21,25). The fourth-order valence-electron chi connectivity index (χ4n) is 2.40. The summed E-state index contributed by atoms with van der Waals surface area (Å²) >= 11 is 5.97. The van der Waals surface area contributed by atoms with Crippen LogP contribution in [0.25, 0.3) is 0 Å². The monoisotopic (exact) mass is 393 g/mol. The van der Waals surface area contributed by atoms with Crippen LogP contribution in [0.15, 0.2) is 30.7 Å². The highest BCUT2D eigenvalue weighted by Crippen LogP contribution is 2.20. The number of carbonyl (C=O) groups is 1. The lowest BCUT2D eigenvalue weighted by Gasteiger charge is -2.04. The highest BCUT2D eigenvalue weighted by molar-refractivity contribution is 6.31. The molecule has 140 valence electrons. The van der Waals surface area contributed by atoms with E-state index in [1.165, 1.54) is 33.9 Å². The van der Waals surface area contributed by atoms with Crippen LogP contribution >= 0.6 is 11.6 Å². The molecule has 0 spiro atoms. The summed E-state index contributed by atoms with van der Waals surface area (Å²) in [5.74, 6) is -1.25. The first-order valence-electron chi connectivity index (χ1n) is 7.74. The van der Waals surface area contributed by atoms with Gasteiger partial charge in [0.1, 0.15) is 18.3 Å². The SMILES string of the molecule is CCn1ncc([N+](=O)[O-])c1C(=O)Nc1ncn(Cc2ccc(F)cc2Cl)n1. The molecule has 0 atom stereocenters. The Kier molecular flexibility index (Phi) is 5.12. The first-order chi connectivity index (χ1) is 12.9. The predicted molar refractivity (Wildman–Crippen MR) is 93.0 cm³/mol. The van der Waals surface area contributed by atoms with Crippen molar-refractivity contribution in [2.45, 2.75) is 20.0 Å². The van der Waals surface area contributed by atoms with Crippen molar-refractivity contribution in [3.63, 3.8) is 0 Å². The van der Waals surface area contributed by atoms with Crippen LogP contribution in [0.5, 0.6) is 0 Å². The van der Waals surface area contributed by atoms with Crippen LogP contribution in [0.4, 0.5) is 16.0 Å². The van der Waals surface area contributed by atoms with Crippen LogP contribution in [0.1, 0.15) is 23.0 Å². The normalized spacial score (nSPS) is 10.8. The fourth-order valence-corrected chi connectivity index (χ4v) is 2.62. The molecule has 1 aromatic carbocycles. The second-order valence-corrected chi connectivity index (χ2v) is 5.81. The number of aromatic nitrogens is 5. The van der Waals surface area contributed by atoms with Gasteiger partial charge in [0.2, 0.25) is 11.6 Å². The Morgan fingerprint density at radius 1 is 1.44 bits per heavy atom. The van der Waals surface area contributed by atoms with Gasteiger partial charge in [-0.05, 0) is 24.6 Å². The van der Waals surface area contributed by atoms with Crippen LogP contribution in [0.3, 0.4) is 0 Å². The van der Waals surface area contributed by atoms with Gasteiger partial charge >= 0.3 is 5.69 Å². The number of benzene rings is 1. The summed E-state index contributed by atoms with van der Waals surface area (Å²) in [5, 5.41) is 21.6. The molecule has 0 unspecified atom stereocenters. The number of nitro groups is 1. The van der Waals surface area contributed by atoms with E-state index >= 15 is 0 Å². The average molecular weight is 394 g/mol. The third-order valence-corrected chi connectivity index (χ3v) is 3.99. The number of nitrogens with zero attached hydrogens (tertiary/aromatic N) is 6. The van der Waals surface area contributed by atoms with Gasteiger partial charge in [0.05, 0.1) is 11.5 Å². The van der Waals surface area contributed by atoms with Crippen molar-refractivity contribution < 1.29 is 14.1 Å². The number of carbonyl (C=O) groups excluding carboxylic acids is 1. The van der Waals surface area contributed by atoms with Crippen molar-refractivity contribution in [2.24, 2.45) is 0 Å². The van der Waals surface area contributed by atoms with Gasteiger partial charge in [-0.15, -0.1) is 5.10 Å². The van der Waals surface area contributed by atoms with Gasteiger partial charge in [0.25, 0.3) is 5.91 Å². The molecule has 3 aromatic rings. The molecular weight excluding hydrogens is 381 g/mol. The van der Waals surface area contributed by atoms with Gasteiger partial charge in [0, 0.05) is 11.6 Å². The molecular formula is C15H13ClFN7O3. The largest absolute Gasteiger partial charge is 0.320 e. The highest BCUT2D eigenvalue weighted by Gasteiger charge is 2.27. The van der Waals surface area contributed by atoms with Gasteiger partial charge in [-0.1, -0.05) is 17.7 Å². The first-order valence-corrected chi connectivity index (χ1v) is 8.11. The highest BCUT2D eigenvalue weighted by atomic mass is 35.5. The van der Waals surface area contributed by atoms with Crippen molar-refractivity contribution in [3.8, 4) is 0 Å². The Balaban J connectivity index is 1.77. The van der Waals surface area contributed by atoms with E-state index in [1.807, 2.05) is 0 Å². The van der Waals surface area contributed by atoms with E-state index in [-0.39, 0.29) is 29.8 Å². The number of nitrogens with one attached hydrogen (secondary N) is 1. The van der Waals surface area contributed by atoms with Gasteiger partial charge < -0.3 is 0 Å². The molecule has 0 aliphatic rings. The van der Waals surface area contributed by atoms with E-state index in [9.17, 15) is 19.3 Å². The smallest absolute Gasteiger partial charge is 0.288 e. The molecule has 3 rings (SSSR count). The Hall–Kier alpha value is -3.34. The van der Waals surface area contributed by atoms with E-state index in [0.717, 1.165) is 6.20 Å². The zero-order valence-corrected chi connectivity index (χ0v) is 14.7. The second kappa shape index (κ2) is 7.50. The minimum Gasteiger partial charge on any atom is -0.288 e. The molecule has 0 saturated heterocycles. The summed E-state index contributed by atoms with van der Waals surface area (Å²) in [6, 6.07) is 3.97. The maximum atomic E-state index is 13.1. The van der Waals surface area contributed by atoms with Crippen molar-refractivity contribution >= 4 is 29.1 Å². The minimum absolute atomic E-state index is 0.0450. The van der Waals surface area contributed by atoms with Crippen LogP contribution in [-0.2, 0) is 13.1 Å². The zero-order chi connectivity index (χ0) is 19.6. The van der Waals surface area contributed by atoms with Crippen LogP contribution in [0, 0.1) is 15.9 Å². The number of halogens is 2. The molecule has 2 aromatic heterocycles. The topological polar surface area (TPSA) is 121 Å². The van der Waals surface area contributed by atoms with Crippen molar-refractivity contribution in [1.82, 2.24) is 24.5 Å². The maximum absolute atomic E-state index is 13.1. The molecule has 0 radical (unpaired) electrons. The molecule has 1 N–H and O–H groups in total. The summed E-state index contributed by atoms with van der Waals surface area (Å²) in [5.41, 5.74) is 0.00726. The predicted octanol–water partition coefficient (Wildman–Crippen LogP) is 2.50. The molecule has 0 aliphatic carbocycles. The van der Waals surface area contributed by atoms with E-state index in [0.29, 0.717) is 5.56 Å². The summed E-state index contributed by atoms with van der Waals surface area (Å²) in [6.07, 6.45) is 2.36. The van der Waals surface area contributed by atoms with Gasteiger partial charge in [-0.2, -0.15) is 5.10 Å². The van der Waals surface area contributed by atoms with E-state index < -0.39 is 22.3 Å². The lowest BCUT2D eigenvalue weighted by Crippen LogP contribution is -2.19. The van der Waals surface area contributed by atoms with Crippen LogP contribution in [-0.4, -0.2) is 35.4 Å². The summed E-state index contributed by atoms with van der Waals surface area (Å²) in [6.45, 7) is 2.18. The van der Waals surface area contributed by atoms with Gasteiger partial charge in [-0.25, -0.2) is 14.1 Å². The Morgan fingerprint density at radius 3 is 2.89 bits per heavy atom. The lowest BCUT2D eigenvalue weighted by molar-refractivity contribution is -0.385. The Bertz CT molecular complexity index is 1020. The average Bonchev–Trinajstić information content (AvgIpc) is 3.23. The van der Waals surface area contributed by atoms with E-state index in [4.69, 9.17) is 11.6 Å². The molecule has 2 heterocycles.